The third-order valence-electron chi connectivity index (χ3n) is 3.44. The maximum absolute atomic E-state index is 14.2. The van der Waals surface area contributed by atoms with Crippen LogP contribution in [-0.2, 0) is 15.9 Å². The summed E-state index contributed by atoms with van der Waals surface area (Å²) in [4.78, 5) is 0. The van der Waals surface area contributed by atoms with Crippen molar-refractivity contribution in [1.29, 1.82) is 0 Å². The van der Waals surface area contributed by atoms with Crippen LogP contribution in [0.3, 0.4) is 0 Å². The summed E-state index contributed by atoms with van der Waals surface area (Å²) in [7, 11) is 0. The molecule has 0 spiro atoms. The molecule has 2 N–H and O–H groups in total. The average Bonchev–Trinajstić information content (AvgIpc) is 2.97. The predicted octanol–water partition coefficient (Wildman–Crippen LogP) is 1.42. The zero-order valence-electron chi connectivity index (χ0n) is 12.7. The highest BCUT2D eigenvalue weighted by atomic mass is 32.2. The van der Waals surface area contributed by atoms with Crippen LogP contribution in [0.5, 0.6) is 0 Å². The van der Waals surface area contributed by atoms with Gasteiger partial charge >= 0.3 is 0 Å². The first-order valence-electron chi connectivity index (χ1n) is 7.51. The fourth-order valence-corrected chi connectivity index (χ4v) is 3.32. The Morgan fingerprint density at radius 1 is 1.30 bits per heavy atom. The van der Waals surface area contributed by atoms with Gasteiger partial charge in [0.05, 0.1) is 31.6 Å². The van der Waals surface area contributed by atoms with Gasteiger partial charge in [-0.3, -0.25) is 4.57 Å². The van der Waals surface area contributed by atoms with Crippen LogP contribution in [0, 0.1) is 5.82 Å². The lowest BCUT2D eigenvalue weighted by atomic mass is 10.3. The number of nitrogens with two attached hydrogens (primary N) is 1. The molecule has 0 amide bonds. The molecule has 1 aliphatic rings. The Morgan fingerprint density at radius 2 is 2.17 bits per heavy atom. The van der Waals surface area contributed by atoms with Gasteiger partial charge in [0.2, 0.25) is 0 Å². The first-order valence-corrected chi connectivity index (χ1v) is 8.49. The molecule has 124 valence electrons. The van der Waals surface area contributed by atoms with E-state index in [-0.39, 0.29) is 11.9 Å². The Morgan fingerprint density at radius 3 is 2.91 bits per heavy atom. The summed E-state index contributed by atoms with van der Waals surface area (Å²) in [5, 5.41) is 8.99. The van der Waals surface area contributed by atoms with E-state index in [1.807, 2.05) is 0 Å². The molecular formula is C15H19FN4O2S. The monoisotopic (exact) mass is 338 g/mol. The molecule has 0 saturated carbocycles. The van der Waals surface area contributed by atoms with E-state index >= 15 is 0 Å². The fraction of sp³-hybridized carbons (Fsp3) is 0.467. The van der Waals surface area contributed by atoms with Gasteiger partial charge in [-0.1, -0.05) is 23.9 Å². The minimum atomic E-state index is -0.315. The molecule has 1 aromatic carbocycles. The minimum Gasteiger partial charge on any atom is -0.376 e. The largest absolute Gasteiger partial charge is 0.376 e. The smallest absolute Gasteiger partial charge is 0.196 e. The van der Waals surface area contributed by atoms with Crippen LogP contribution in [-0.4, -0.2) is 53.0 Å². The summed E-state index contributed by atoms with van der Waals surface area (Å²) in [6.45, 7) is 2.23. The highest BCUT2D eigenvalue weighted by Gasteiger charge is 2.20. The van der Waals surface area contributed by atoms with Crippen molar-refractivity contribution in [2.45, 2.75) is 17.7 Å². The van der Waals surface area contributed by atoms with Crippen LogP contribution in [0.25, 0.3) is 5.69 Å². The Hall–Kier alpha value is -1.48. The van der Waals surface area contributed by atoms with Crippen molar-refractivity contribution in [3.8, 4) is 5.69 Å². The minimum absolute atomic E-state index is 0.0116. The van der Waals surface area contributed by atoms with Crippen molar-refractivity contribution >= 4 is 11.8 Å². The molecule has 0 aliphatic carbocycles. The third kappa shape index (κ3) is 3.89. The van der Waals surface area contributed by atoms with Gasteiger partial charge < -0.3 is 15.2 Å². The molecule has 2 aromatic rings. The van der Waals surface area contributed by atoms with E-state index in [4.69, 9.17) is 15.2 Å². The van der Waals surface area contributed by atoms with E-state index in [1.165, 1.54) is 17.8 Å². The van der Waals surface area contributed by atoms with E-state index in [2.05, 4.69) is 10.2 Å². The van der Waals surface area contributed by atoms with Crippen molar-refractivity contribution in [3.63, 3.8) is 0 Å². The summed E-state index contributed by atoms with van der Waals surface area (Å²) in [5.41, 5.74) is 6.06. The van der Waals surface area contributed by atoms with Gasteiger partial charge in [-0.25, -0.2) is 4.39 Å². The van der Waals surface area contributed by atoms with Crippen molar-refractivity contribution in [3.05, 3.63) is 35.9 Å². The highest BCUT2D eigenvalue weighted by Crippen LogP contribution is 2.25. The molecule has 2 heterocycles. The lowest BCUT2D eigenvalue weighted by Gasteiger charge is -2.22. The summed E-state index contributed by atoms with van der Waals surface area (Å²) >= 11 is 1.48. The molecule has 3 rings (SSSR count). The van der Waals surface area contributed by atoms with Crippen LogP contribution >= 0.6 is 11.8 Å². The molecular weight excluding hydrogens is 319 g/mol. The highest BCUT2D eigenvalue weighted by molar-refractivity contribution is 7.99. The Kier molecular flexibility index (Phi) is 5.60. The molecule has 23 heavy (non-hydrogen) atoms. The molecule has 1 fully saturated rings. The molecule has 0 radical (unpaired) electrons. The number of benzene rings is 1. The standard InChI is InChI=1S/C15H19FN4O2S/c16-12-3-1-2-4-13(12)20-14(5-6-17)18-19-15(20)23-10-11-9-21-7-8-22-11/h1-4,11H,5-10,17H2/t11-/m1/s1. The molecule has 1 atom stereocenters. The Balaban J connectivity index is 1.83. The number of thioether (sulfide) groups is 1. The number of hydrogen-bond donors (Lipinski definition) is 1. The van der Waals surface area contributed by atoms with Gasteiger partial charge in [-0.2, -0.15) is 0 Å². The average molecular weight is 338 g/mol. The van der Waals surface area contributed by atoms with E-state index in [9.17, 15) is 4.39 Å². The maximum atomic E-state index is 14.2. The zero-order chi connectivity index (χ0) is 16.1. The fourth-order valence-electron chi connectivity index (χ4n) is 2.36. The normalized spacial score (nSPS) is 18.3. The van der Waals surface area contributed by atoms with Gasteiger partial charge in [0.15, 0.2) is 5.16 Å². The summed E-state index contributed by atoms with van der Waals surface area (Å²) < 4.78 is 26.9. The van der Waals surface area contributed by atoms with E-state index in [0.29, 0.717) is 55.2 Å². The number of para-hydroxylation sites is 1. The van der Waals surface area contributed by atoms with Crippen LogP contribution in [0.1, 0.15) is 5.82 Å². The number of hydrogen-bond acceptors (Lipinski definition) is 6. The number of halogens is 1. The van der Waals surface area contributed by atoms with Gasteiger partial charge in [0.1, 0.15) is 11.6 Å². The Labute approximate surface area is 138 Å². The molecule has 0 unspecified atom stereocenters. The number of aromatic nitrogens is 3. The maximum Gasteiger partial charge on any atom is 0.196 e. The summed E-state index contributed by atoms with van der Waals surface area (Å²) in [5.74, 6) is 1.01. The SMILES string of the molecule is NCCc1nnc(SC[C@H]2COCCO2)n1-c1ccccc1F. The van der Waals surface area contributed by atoms with Gasteiger partial charge in [0.25, 0.3) is 0 Å². The summed E-state index contributed by atoms with van der Waals surface area (Å²) in [6, 6.07) is 6.58. The molecule has 0 bridgehead atoms. The van der Waals surface area contributed by atoms with Crippen LogP contribution in [0.15, 0.2) is 29.4 Å². The van der Waals surface area contributed by atoms with Crippen molar-refractivity contribution < 1.29 is 13.9 Å². The molecule has 6 nitrogen and oxygen atoms in total. The lowest BCUT2D eigenvalue weighted by Crippen LogP contribution is -2.30. The van der Waals surface area contributed by atoms with E-state index in [1.54, 1.807) is 22.8 Å². The molecule has 1 aromatic heterocycles. The van der Waals surface area contributed by atoms with Crippen LogP contribution in [0.4, 0.5) is 4.39 Å². The quantitative estimate of drug-likeness (QED) is 0.803. The number of rotatable bonds is 6. The molecule has 1 saturated heterocycles. The van der Waals surface area contributed by atoms with Crippen molar-refractivity contribution in [1.82, 2.24) is 14.8 Å². The van der Waals surface area contributed by atoms with Crippen LogP contribution in [0.2, 0.25) is 0 Å². The first-order chi connectivity index (χ1) is 11.3. The number of ether oxygens (including phenoxy) is 2. The van der Waals surface area contributed by atoms with Crippen molar-refractivity contribution in [2.75, 3.05) is 32.1 Å². The lowest BCUT2D eigenvalue weighted by molar-refractivity contribution is -0.0776. The van der Waals surface area contributed by atoms with Gasteiger partial charge in [0, 0.05) is 12.2 Å². The third-order valence-corrected chi connectivity index (χ3v) is 4.51. The topological polar surface area (TPSA) is 75.2 Å². The van der Waals surface area contributed by atoms with Gasteiger partial charge in [-0.05, 0) is 18.7 Å². The molecule has 8 heteroatoms. The predicted molar refractivity (Wildman–Crippen MR) is 85.4 cm³/mol. The first kappa shape index (κ1) is 16.4. The van der Waals surface area contributed by atoms with Crippen molar-refractivity contribution in [2.24, 2.45) is 5.73 Å². The van der Waals surface area contributed by atoms with Crippen LogP contribution < -0.4 is 5.73 Å². The second-order valence-corrected chi connectivity index (χ2v) is 6.09. The second-order valence-electron chi connectivity index (χ2n) is 5.10. The number of nitrogens with zero attached hydrogens (tertiary/aromatic N) is 3. The Bertz CT molecular complexity index is 646. The summed E-state index contributed by atoms with van der Waals surface area (Å²) in [6.07, 6.45) is 0.544. The van der Waals surface area contributed by atoms with Gasteiger partial charge in [-0.15, -0.1) is 10.2 Å². The second kappa shape index (κ2) is 7.87. The van der Waals surface area contributed by atoms with E-state index in [0.717, 1.165) is 0 Å². The zero-order valence-corrected chi connectivity index (χ0v) is 13.5. The van der Waals surface area contributed by atoms with E-state index < -0.39 is 0 Å². The molecule has 1 aliphatic heterocycles.